The number of aromatic nitrogens is 2. The Labute approximate surface area is 99.3 Å². The lowest BCUT2D eigenvalue weighted by Crippen LogP contribution is -2.14. The fraction of sp³-hybridized carbons (Fsp3) is 0.167. The minimum atomic E-state index is -0.527. The van der Waals surface area contributed by atoms with Gasteiger partial charge >= 0.3 is 0 Å². The van der Waals surface area contributed by atoms with E-state index in [9.17, 15) is 4.79 Å². The van der Waals surface area contributed by atoms with Crippen LogP contribution in [0.15, 0.2) is 36.7 Å². The van der Waals surface area contributed by atoms with E-state index in [0.29, 0.717) is 12.4 Å². The van der Waals surface area contributed by atoms with Gasteiger partial charge in [-0.3, -0.25) is 4.79 Å². The third-order valence-corrected chi connectivity index (χ3v) is 2.50. The largest absolute Gasteiger partial charge is 0.373 e. The summed E-state index contributed by atoms with van der Waals surface area (Å²) < 4.78 is 1.86. The van der Waals surface area contributed by atoms with Crippen LogP contribution in [0.25, 0.3) is 0 Å². The van der Waals surface area contributed by atoms with Crippen molar-refractivity contribution in [2.24, 2.45) is 5.73 Å². The van der Waals surface area contributed by atoms with E-state index in [1.165, 1.54) is 0 Å². The molecule has 1 amide bonds. The van der Waals surface area contributed by atoms with E-state index in [2.05, 4.69) is 10.3 Å². The summed E-state index contributed by atoms with van der Waals surface area (Å²) >= 11 is 0. The highest BCUT2D eigenvalue weighted by atomic mass is 16.1. The summed E-state index contributed by atoms with van der Waals surface area (Å²) in [5, 5.41) is 2.95. The van der Waals surface area contributed by atoms with Gasteiger partial charge in [0.25, 0.3) is 5.91 Å². The summed E-state index contributed by atoms with van der Waals surface area (Å²) in [5.41, 5.74) is 6.65. The number of carbonyl (C=O) groups is 1. The lowest BCUT2D eigenvalue weighted by atomic mass is 10.2. The number of anilines is 1. The van der Waals surface area contributed by atoms with Crippen molar-refractivity contribution in [2.45, 2.75) is 6.54 Å². The Bertz CT molecular complexity index is 519. The SMILES string of the molecule is CNc1c(C(N)=O)ncn1Cc1ccccc1. The molecule has 0 unspecified atom stereocenters. The smallest absolute Gasteiger partial charge is 0.271 e. The van der Waals surface area contributed by atoms with E-state index in [0.717, 1.165) is 5.56 Å². The molecule has 1 aromatic carbocycles. The van der Waals surface area contributed by atoms with Crippen molar-refractivity contribution in [2.75, 3.05) is 12.4 Å². The van der Waals surface area contributed by atoms with Crippen molar-refractivity contribution in [1.82, 2.24) is 9.55 Å². The molecule has 0 aliphatic heterocycles. The minimum Gasteiger partial charge on any atom is -0.373 e. The molecule has 5 nitrogen and oxygen atoms in total. The van der Waals surface area contributed by atoms with Gasteiger partial charge in [-0.2, -0.15) is 0 Å². The van der Waals surface area contributed by atoms with Crippen LogP contribution in [0.1, 0.15) is 16.1 Å². The van der Waals surface area contributed by atoms with Crippen molar-refractivity contribution in [3.05, 3.63) is 47.9 Å². The first-order valence-electron chi connectivity index (χ1n) is 5.29. The number of hydrogen-bond acceptors (Lipinski definition) is 3. The van der Waals surface area contributed by atoms with Gasteiger partial charge < -0.3 is 15.6 Å². The number of nitrogens with one attached hydrogen (secondary N) is 1. The number of benzene rings is 1. The lowest BCUT2D eigenvalue weighted by Gasteiger charge is -2.08. The third-order valence-electron chi connectivity index (χ3n) is 2.50. The zero-order valence-corrected chi connectivity index (χ0v) is 9.55. The van der Waals surface area contributed by atoms with Crippen LogP contribution in [-0.4, -0.2) is 22.5 Å². The number of rotatable bonds is 4. The van der Waals surface area contributed by atoms with Crippen LogP contribution in [0.5, 0.6) is 0 Å². The van der Waals surface area contributed by atoms with Crippen molar-refractivity contribution < 1.29 is 4.79 Å². The number of amides is 1. The summed E-state index contributed by atoms with van der Waals surface area (Å²) in [5.74, 6) is 0.113. The Morgan fingerprint density at radius 3 is 2.71 bits per heavy atom. The third kappa shape index (κ3) is 2.28. The number of carbonyl (C=O) groups excluding carboxylic acids is 1. The van der Waals surface area contributed by atoms with Crippen LogP contribution in [0.3, 0.4) is 0 Å². The predicted octanol–water partition coefficient (Wildman–Crippen LogP) is 1.07. The molecule has 0 bridgehead atoms. The summed E-state index contributed by atoms with van der Waals surface area (Å²) in [6.45, 7) is 0.650. The van der Waals surface area contributed by atoms with Crippen LogP contribution >= 0.6 is 0 Å². The molecule has 0 aliphatic rings. The molecule has 0 atom stereocenters. The van der Waals surface area contributed by atoms with Crippen LogP contribution < -0.4 is 11.1 Å². The predicted molar refractivity (Wildman–Crippen MR) is 65.8 cm³/mol. The molecule has 1 heterocycles. The molecule has 0 spiro atoms. The molecule has 0 radical (unpaired) electrons. The first-order valence-corrected chi connectivity index (χ1v) is 5.29. The number of hydrogen-bond donors (Lipinski definition) is 2. The van der Waals surface area contributed by atoms with Gasteiger partial charge in [-0.25, -0.2) is 4.98 Å². The Morgan fingerprint density at radius 2 is 2.12 bits per heavy atom. The van der Waals surface area contributed by atoms with Gasteiger partial charge in [-0.1, -0.05) is 30.3 Å². The van der Waals surface area contributed by atoms with E-state index in [1.807, 2.05) is 34.9 Å². The number of primary amides is 1. The lowest BCUT2D eigenvalue weighted by molar-refractivity contribution is 0.0997. The van der Waals surface area contributed by atoms with Gasteiger partial charge in [0.2, 0.25) is 0 Å². The molecular weight excluding hydrogens is 216 g/mol. The van der Waals surface area contributed by atoms with E-state index in [1.54, 1.807) is 13.4 Å². The normalized spacial score (nSPS) is 10.2. The molecular formula is C12H14N4O. The number of imidazole rings is 1. The molecule has 0 saturated carbocycles. The minimum absolute atomic E-state index is 0.267. The van der Waals surface area contributed by atoms with E-state index >= 15 is 0 Å². The molecule has 1 aromatic heterocycles. The molecule has 17 heavy (non-hydrogen) atoms. The summed E-state index contributed by atoms with van der Waals surface area (Å²) in [7, 11) is 1.74. The first kappa shape index (κ1) is 11.2. The summed E-state index contributed by atoms with van der Waals surface area (Å²) in [4.78, 5) is 15.2. The first-order chi connectivity index (χ1) is 8.22. The fourth-order valence-corrected chi connectivity index (χ4v) is 1.72. The summed E-state index contributed by atoms with van der Waals surface area (Å²) in [6.07, 6.45) is 1.61. The molecule has 0 aliphatic carbocycles. The standard InChI is InChI=1S/C12H14N4O/c1-14-12-10(11(13)17)15-8-16(12)7-9-5-3-2-4-6-9/h2-6,8,14H,7H2,1H3,(H2,13,17). The highest BCUT2D eigenvalue weighted by molar-refractivity contribution is 5.95. The van der Waals surface area contributed by atoms with E-state index in [4.69, 9.17) is 5.73 Å². The van der Waals surface area contributed by atoms with Crippen molar-refractivity contribution in [3.8, 4) is 0 Å². The number of nitrogens with two attached hydrogens (primary N) is 1. The molecule has 0 saturated heterocycles. The highest BCUT2D eigenvalue weighted by Gasteiger charge is 2.14. The molecule has 5 heteroatoms. The zero-order valence-electron chi connectivity index (χ0n) is 9.55. The van der Waals surface area contributed by atoms with Crippen LogP contribution in [0.4, 0.5) is 5.82 Å². The number of nitrogens with zero attached hydrogens (tertiary/aromatic N) is 2. The Balaban J connectivity index is 2.31. The quantitative estimate of drug-likeness (QED) is 0.825. The maximum atomic E-state index is 11.2. The van der Waals surface area contributed by atoms with Gasteiger partial charge in [0.15, 0.2) is 5.69 Å². The van der Waals surface area contributed by atoms with Crippen molar-refractivity contribution in [3.63, 3.8) is 0 Å². The van der Waals surface area contributed by atoms with Crippen LogP contribution in [0, 0.1) is 0 Å². The Kier molecular flexibility index (Phi) is 3.09. The second-order valence-electron chi connectivity index (χ2n) is 3.67. The van der Waals surface area contributed by atoms with Crippen molar-refractivity contribution in [1.29, 1.82) is 0 Å². The average molecular weight is 230 g/mol. The van der Waals surface area contributed by atoms with E-state index < -0.39 is 5.91 Å². The van der Waals surface area contributed by atoms with Gasteiger partial charge in [-0.05, 0) is 5.56 Å². The van der Waals surface area contributed by atoms with Gasteiger partial charge in [0.1, 0.15) is 5.82 Å². The zero-order chi connectivity index (χ0) is 12.3. The molecule has 2 aromatic rings. The molecule has 3 N–H and O–H groups in total. The maximum Gasteiger partial charge on any atom is 0.271 e. The second kappa shape index (κ2) is 4.69. The Morgan fingerprint density at radius 1 is 1.41 bits per heavy atom. The van der Waals surface area contributed by atoms with Crippen LogP contribution in [-0.2, 0) is 6.54 Å². The van der Waals surface area contributed by atoms with Gasteiger partial charge in [0, 0.05) is 7.05 Å². The monoisotopic (exact) mass is 230 g/mol. The molecule has 2 rings (SSSR count). The van der Waals surface area contributed by atoms with Gasteiger partial charge in [0.05, 0.1) is 12.9 Å². The Hall–Kier alpha value is -2.30. The average Bonchev–Trinajstić information content (AvgIpc) is 2.73. The van der Waals surface area contributed by atoms with Gasteiger partial charge in [-0.15, -0.1) is 0 Å². The molecule has 0 fully saturated rings. The maximum absolute atomic E-state index is 11.2. The van der Waals surface area contributed by atoms with Crippen LogP contribution in [0.2, 0.25) is 0 Å². The van der Waals surface area contributed by atoms with Crippen molar-refractivity contribution >= 4 is 11.7 Å². The molecule has 88 valence electrons. The fourth-order valence-electron chi connectivity index (χ4n) is 1.72. The second-order valence-corrected chi connectivity index (χ2v) is 3.67. The van der Waals surface area contributed by atoms with E-state index in [-0.39, 0.29) is 5.69 Å². The topological polar surface area (TPSA) is 72.9 Å². The highest BCUT2D eigenvalue weighted by Crippen LogP contribution is 2.15. The summed E-state index contributed by atoms with van der Waals surface area (Å²) in [6, 6.07) is 9.94.